The largest absolute Gasteiger partial charge is 0.497 e. The summed E-state index contributed by atoms with van der Waals surface area (Å²) in [6.07, 6.45) is 0.703. The molecule has 8 nitrogen and oxygen atoms in total. The van der Waals surface area contributed by atoms with Crippen LogP contribution in [0.2, 0.25) is 5.02 Å². The van der Waals surface area contributed by atoms with E-state index in [0.717, 1.165) is 17.0 Å². The molecule has 0 aliphatic carbocycles. The molecule has 1 amide bonds. The van der Waals surface area contributed by atoms with Gasteiger partial charge in [0.25, 0.3) is 5.91 Å². The Morgan fingerprint density at radius 1 is 1.13 bits per heavy atom. The van der Waals surface area contributed by atoms with Gasteiger partial charge in [0.05, 0.1) is 30.5 Å². The first kappa shape index (κ1) is 21.1. The van der Waals surface area contributed by atoms with Crippen LogP contribution >= 0.6 is 11.6 Å². The summed E-state index contributed by atoms with van der Waals surface area (Å²) in [7, 11) is 1.59. The predicted octanol–water partition coefficient (Wildman–Crippen LogP) is 2.64. The van der Waals surface area contributed by atoms with Gasteiger partial charge in [-0.15, -0.1) is 5.10 Å². The van der Waals surface area contributed by atoms with Gasteiger partial charge in [0.15, 0.2) is 0 Å². The molecule has 1 saturated heterocycles. The molecule has 0 bridgehead atoms. The molecule has 9 heteroatoms. The Bertz CT molecular complexity index is 1030. The lowest BCUT2D eigenvalue weighted by Gasteiger charge is -2.36. The van der Waals surface area contributed by atoms with E-state index in [0.29, 0.717) is 31.2 Å². The zero-order valence-corrected chi connectivity index (χ0v) is 17.9. The molecule has 0 radical (unpaired) electrons. The predicted molar refractivity (Wildman–Crippen MR) is 118 cm³/mol. The Labute approximate surface area is 185 Å². The van der Waals surface area contributed by atoms with Crippen molar-refractivity contribution in [3.63, 3.8) is 0 Å². The summed E-state index contributed by atoms with van der Waals surface area (Å²) in [6, 6.07) is 14.9. The number of aliphatic hydroxyl groups excluding tert-OH is 1. The van der Waals surface area contributed by atoms with Crippen LogP contribution in [-0.2, 0) is 6.54 Å². The van der Waals surface area contributed by atoms with Gasteiger partial charge in [0.1, 0.15) is 12.1 Å². The molecule has 1 N–H and O–H groups in total. The van der Waals surface area contributed by atoms with E-state index in [4.69, 9.17) is 16.3 Å². The van der Waals surface area contributed by atoms with E-state index in [1.807, 2.05) is 24.3 Å². The summed E-state index contributed by atoms with van der Waals surface area (Å²) < 4.78 is 6.62. The fraction of sp³-hybridized carbons (Fsp3) is 0.318. The van der Waals surface area contributed by atoms with E-state index in [9.17, 15) is 9.90 Å². The third kappa shape index (κ3) is 4.81. The molecule has 2 aromatic carbocycles. The van der Waals surface area contributed by atoms with Crippen LogP contribution in [0.4, 0.5) is 5.69 Å². The molecule has 162 valence electrons. The van der Waals surface area contributed by atoms with Crippen molar-refractivity contribution in [1.29, 1.82) is 0 Å². The second kappa shape index (κ2) is 9.36. The Kier molecular flexibility index (Phi) is 6.39. The van der Waals surface area contributed by atoms with E-state index in [1.165, 1.54) is 11.0 Å². The lowest BCUT2D eigenvalue weighted by Crippen LogP contribution is -2.49. The minimum absolute atomic E-state index is 0.133. The quantitative estimate of drug-likeness (QED) is 0.633. The number of amides is 1. The zero-order chi connectivity index (χ0) is 21.8. The number of hydrogen-bond donors (Lipinski definition) is 1. The normalized spacial score (nSPS) is 15.1. The highest BCUT2D eigenvalue weighted by atomic mass is 35.5. The minimum atomic E-state index is -0.769. The summed E-state index contributed by atoms with van der Waals surface area (Å²) in [5.41, 5.74) is 1.71. The third-order valence-corrected chi connectivity index (χ3v) is 5.67. The molecule has 1 fully saturated rings. The van der Waals surface area contributed by atoms with Gasteiger partial charge in [-0.25, -0.2) is 9.67 Å². The number of benzene rings is 2. The van der Waals surface area contributed by atoms with Gasteiger partial charge in [0, 0.05) is 26.2 Å². The van der Waals surface area contributed by atoms with Crippen molar-refractivity contribution in [2.45, 2.75) is 12.6 Å². The highest BCUT2D eigenvalue weighted by Crippen LogP contribution is 2.26. The number of carbonyl (C=O) groups excluding carboxylic acids is 1. The van der Waals surface area contributed by atoms with Gasteiger partial charge in [-0.05, 0) is 29.8 Å². The van der Waals surface area contributed by atoms with Gasteiger partial charge >= 0.3 is 0 Å². The standard InChI is InChI=1S/C22H24ClN5O3/c1-31-17-8-6-16(7-9-17)20(29)14-28-15-24-21(25-28)22(30)27-12-10-26(11-13-27)19-5-3-2-4-18(19)23/h2-9,15,20,29H,10-14H2,1H3/t20-/m1/s1. The first-order valence-corrected chi connectivity index (χ1v) is 10.4. The Morgan fingerprint density at radius 2 is 1.84 bits per heavy atom. The van der Waals surface area contributed by atoms with Crippen LogP contribution in [0.25, 0.3) is 0 Å². The maximum atomic E-state index is 12.8. The van der Waals surface area contributed by atoms with Crippen LogP contribution in [0.3, 0.4) is 0 Å². The van der Waals surface area contributed by atoms with Crippen LogP contribution in [0.1, 0.15) is 22.3 Å². The molecule has 1 aromatic heterocycles. The highest BCUT2D eigenvalue weighted by molar-refractivity contribution is 6.33. The van der Waals surface area contributed by atoms with Crippen LogP contribution in [0, 0.1) is 0 Å². The Morgan fingerprint density at radius 3 is 2.52 bits per heavy atom. The second-order valence-corrected chi connectivity index (χ2v) is 7.72. The molecule has 2 heterocycles. The molecule has 0 saturated carbocycles. The summed E-state index contributed by atoms with van der Waals surface area (Å²) in [6.45, 7) is 2.70. The van der Waals surface area contributed by atoms with Crippen molar-refractivity contribution < 1.29 is 14.6 Å². The summed E-state index contributed by atoms with van der Waals surface area (Å²) >= 11 is 6.28. The smallest absolute Gasteiger partial charge is 0.293 e. The van der Waals surface area contributed by atoms with Crippen molar-refractivity contribution in [2.24, 2.45) is 0 Å². The SMILES string of the molecule is COc1ccc([C@H](O)Cn2cnc(C(=O)N3CCN(c4ccccc4Cl)CC3)n2)cc1. The molecule has 1 atom stereocenters. The monoisotopic (exact) mass is 441 g/mol. The highest BCUT2D eigenvalue weighted by Gasteiger charge is 2.25. The zero-order valence-electron chi connectivity index (χ0n) is 17.2. The van der Waals surface area contributed by atoms with Gasteiger partial charge in [-0.2, -0.15) is 0 Å². The van der Waals surface area contributed by atoms with Crippen LogP contribution in [0.15, 0.2) is 54.9 Å². The fourth-order valence-electron chi connectivity index (χ4n) is 3.59. The molecule has 0 unspecified atom stereocenters. The number of piperazine rings is 1. The summed E-state index contributed by atoms with van der Waals surface area (Å²) in [4.78, 5) is 20.9. The second-order valence-electron chi connectivity index (χ2n) is 7.31. The number of ether oxygens (including phenoxy) is 1. The number of hydrogen-bond acceptors (Lipinski definition) is 6. The van der Waals surface area contributed by atoms with Gasteiger partial charge < -0.3 is 19.6 Å². The number of methoxy groups -OCH3 is 1. The molecule has 31 heavy (non-hydrogen) atoms. The van der Waals surface area contributed by atoms with Crippen molar-refractivity contribution in [1.82, 2.24) is 19.7 Å². The van der Waals surface area contributed by atoms with E-state index in [-0.39, 0.29) is 18.3 Å². The van der Waals surface area contributed by atoms with E-state index in [1.54, 1.807) is 36.3 Å². The summed E-state index contributed by atoms with van der Waals surface area (Å²) in [5, 5.41) is 15.4. The number of carbonyl (C=O) groups is 1. The van der Waals surface area contributed by atoms with Crippen LogP contribution < -0.4 is 9.64 Å². The molecule has 4 rings (SSSR count). The fourth-order valence-corrected chi connectivity index (χ4v) is 3.84. The topological polar surface area (TPSA) is 83.7 Å². The first-order chi connectivity index (χ1) is 15.0. The third-order valence-electron chi connectivity index (χ3n) is 5.35. The molecule has 1 aliphatic heterocycles. The number of halogens is 1. The summed E-state index contributed by atoms with van der Waals surface area (Å²) in [5.74, 6) is 0.642. The van der Waals surface area contributed by atoms with E-state index < -0.39 is 6.10 Å². The average Bonchev–Trinajstić information content (AvgIpc) is 3.27. The number of aliphatic hydroxyl groups is 1. The molecular weight excluding hydrogens is 418 g/mol. The lowest BCUT2D eigenvalue weighted by atomic mass is 10.1. The molecule has 3 aromatic rings. The van der Waals surface area contributed by atoms with Crippen molar-refractivity contribution in [2.75, 3.05) is 38.2 Å². The van der Waals surface area contributed by atoms with Crippen LogP contribution in [0.5, 0.6) is 5.75 Å². The molecule has 0 spiro atoms. The van der Waals surface area contributed by atoms with Gasteiger partial charge in [-0.3, -0.25) is 4.79 Å². The van der Waals surface area contributed by atoms with Gasteiger partial charge in [-0.1, -0.05) is 35.9 Å². The number of para-hydroxylation sites is 1. The number of anilines is 1. The van der Waals surface area contributed by atoms with Crippen molar-refractivity contribution in [3.05, 3.63) is 71.3 Å². The van der Waals surface area contributed by atoms with Crippen molar-refractivity contribution in [3.8, 4) is 5.75 Å². The van der Waals surface area contributed by atoms with Crippen molar-refractivity contribution >= 4 is 23.2 Å². The number of rotatable bonds is 6. The maximum Gasteiger partial charge on any atom is 0.293 e. The molecule has 1 aliphatic rings. The molecular formula is C22H24ClN5O3. The van der Waals surface area contributed by atoms with Crippen LogP contribution in [-0.4, -0.2) is 64.0 Å². The number of aromatic nitrogens is 3. The van der Waals surface area contributed by atoms with E-state index in [2.05, 4.69) is 15.0 Å². The number of nitrogens with zero attached hydrogens (tertiary/aromatic N) is 5. The maximum absolute atomic E-state index is 12.8. The lowest BCUT2D eigenvalue weighted by molar-refractivity contribution is 0.0733. The first-order valence-electron chi connectivity index (χ1n) is 10.1. The van der Waals surface area contributed by atoms with E-state index >= 15 is 0 Å². The Hall–Kier alpha value is -3.10. The van der Waals surface area contributed by atoms with Gasteiger partial charge in [0.2, 0.25) is 5.82 Å². The minimum Gasteiger partial charge on any atom is -0.497 e. The Balaban J connectivity index is 1.34. The average molecular weight is 442 g/mol.